The van der Waals surface area contributed by atoms with Gasteiger partial charge in [-0.2, -0.15) is 0 Å². The summed E-state index contributed by atoms with van der Waals surface area (Å²) in [7, 11) is 0. The van der Waals surface area contributed by atoms with Crippen LogP contribution in [0.3, 0.4) is 0 Å². The fourth-order valence-electron chi connectivity index (χ4n) is 3.32. The van der Waals surface area contributed by atoms with Gasteiger partial charge in [0.1, 0.15) is 10.4 Å². The Bertz CT molecular complexity index is 1260. The molecule has 2 heterocycles. The second-order valence-corrected chi connectivity index (χ2v) is 7.87. The second kappa shape index (κ2) is 6.90. The third-order valence-electron chi connectivity index (χ3n) is 4.58. The molecule has 3 N–H and O–H groups in total. The monoisotopic (exact) mass is 399 g/mol. The maximum Gasteiger partial charge on any atom is 0.266 e. The summed E-state index contributed by atoms with van der Waals surface area (Å²) in [5.74, 6) is 0.119. The van der Waals surface area contributed by atoms with Crippen LogP contribution in [0.2, 0.25) is 0 Å². The van der Waals surface area contributed by atoms with Crippen LogP contribution in [0, 0.1) is 6.92 Å². The maximum atomic E-state index is 12.2. The van der Waals surface area contributed by atoms with Gasteiger partial charge in [0.2, 0.25) is 0 Å². The Morgan fingerprint density at radius 2 is 2.07 bits per heavy atom. The number of thiophene rings is 1. The Hall–Kier alpha value is -2.52. The first kappa shape index (κ1) is 17.9. The van der Waals surface area contributed by atoms with Crippen molar-refractivity contribution in [2.45, 2.75) is 13.5 Å². The van der Waals surface area contributed by atoms with Crippen molar-refractivity contribution in [1.82, 2.24) is 9.71 Å². The van der Waals surface area contributed by atoms with E-state index in [1.54, 1.807) is 12.1 Å². The van der Waals surface area contributed by atoms with Gasteiger partial charge in [-0.25, -0.2) is 4.72 Å². The van der Waals surface area contributed by atoms with Gasteiger partial charge in [0.25, 0.3) is 5.56 Å². The van der Waals surface area contributed by atoms with Gasteiger partial charge < -0.3 is 14.6 Å². The summed E-state index contributed by atoms with van der Waals surface area (Å²) in [6.45, 7) is 2.09. The zero-order valence-corrected chi connectivity index (χ0v) is 15.9. The van der Waals surface area contributed by atoms with E-state index in [0.717, 1.165) is 27.5 Å². The zero-order valence-electron chi connectivity index (χ0n) is 14.2. The summed E-state index contributed by atoms with van der Waals surface area (Å²) in [5, 5.41) is 14.0. The van der Waals surface area contributed by atoms with Crippen LogP contribution in [-0.2, 0) is 17.8 Å². The van der Waals surface area contributed by atoms with Crippen molar-refractivity contribution in [3.63, 3.8) is 0 Å². The van der Waals surface area contributed by atoms with Crippen LogP contribution >= 0.6 is 11.3 Å². The van der Waals surface area contributed by atoms with Crippen molar-refractivity contribution < 1.29 is 13.9 Å². The lowest BCUT2D eigenvalue weighted by molar-refractivity contribution is 0.478. The van der Waals surface area contributed by atoms with Gasteiger partial charge in [0, 0.05) is 39.7 Å². The highest BCUT2D eigenvalue weighted by Gasteiger charge is 2.16. The smallest absolute Gasteiger partial charge is 0.266 e. The van der Waals surface area contributed by atoms with Crippen molar-refractivity contribution >= 4 is 43.6 Å². The molecule has 0 spiro atoms. The van der Waals surface area contributed by atoms with E-state index in [-0.39, 0.29) is 17.9 Å². The molecule has 2 aromatic carbocycles. The largest absolute Gasteiger partial charge is 0.760 e. The highest BCUT2D eigenvalue weighted by atomic mass is 32.2. The van der Waals surface area contributed by atoms with Crippen molar-refractivity contribution in [2.24, 2.45) is 0 Å². The second-order valence-electron chi connectivity index (χ2n) is 6.20. The van der Waals surface area contributed by atoms with Crippen molar-refractivity contribution in [3.05, 3.63) is 63.3 Å². The molecule has 6 nitrogen and oxygen atoms in total. The molecule has 27 heavy (non-hydrogen) atoms. The summed E-state index contributed by atoms with van der Waals surface area (Å²) in [5.41, 5.74) is 3.69. The molecule has 0 fully saturated rings. The Balaban J connectivity index is 1.95. The van der Waals surface area contributed by atoms with Crippen LogP contribution in [0.5, 0.6) is 5.75 Å². The van der Waals surface area contributed by atoms with Gasteiger partial charge in [-0.05, 0) is 47.2 Å². The topological polar surface area (TPSA) is 105 Å². The molecule has 0 aliphatic heterocycles. The molecule has 0 saturated carbocycles. The van der Waals surface area contributed by atoms with Gasteiger partial charge in [-0.1, -0.05) is 18.2 Å². The van der Waals surface area contributed by atoms with Crippen molar-refractivity contribution in [2.75, 3.05) is 0 Å². The summed E-state index contributed by atoms with van der Waals surface area (Å²) in [6.07, 6.45) is 0. The number of aromatic amines is 1. The molecular weight excluding hydrogens is 384 g/mol. The average Bonchev–Trinajstić information content (AvgIpc) is 3.11. The number of phenols is 1. The number of hydrogen-bond donors (Lipinski definition) is 3. The lowest BCUT2D eigenvalue weighted by Crippen LogP contribution is -2.16. The van der Waals surface area contributed by atoms with Gasteiger partial charge in [0.15, 0.2) is 0 Å². The molecule has 4 rings (SSSR count). The van der Waals surface area contributed by atoms with Crippen LogP contribution in [-0.4, -0.2) is 18.9 Å². The van der Waals surface area contributed by atoms with E-state index < -0.39 is 11.3 Å². The highest BCUT2D eigenvalue weighted by Crippen LogP contribution is 2.40. The Kier molecular flexibility index (Phi) is 4.56. The summed E-state index contributed by atoms with van der Waals surface area (Å²) in [6, 6.07) is 10.7. The first-order chi connectivity index (χ1) is 13.0. The van der Waals surface area contributed by atoms with E-state index in [4.69, 9.17) is 0 Å². The highest BCUT2D eigenvalue weighted by molar-refractivity contribution is 7.77. The number of rotatable bonds is 4. The number of benzene rings is 2. The molecule has 8 heteroatoms. The van der Waals surface area contributed by atoms with E-state index in [0.29, 0.717) is 15.8 Å². The Morgan fingerprint density at radius 3 is 2.81 bits per heavy atom. The van der Waals surface area contributed by atoms with Crippen LogP contribution in [0.1, 0.15) is 11.1 Å². The summed E-state index contributed by atoms with van der Waals surface area (Å²) >= 11 is -0.963. The Labute approximate surface area is 160 Å². The lowest BCUT2D eigenvalue weighted by Gasteiger charge is -2.14. The number of fused-ring (bicyclic) bond motifs is 3. The molecule has 138 valence electrons. The van der Waals surface area contributed by atoms with Gasteiger partial charge in [-0.3, -0.25) is 9.00 Å². The molecule has 0 saturated heterocycles. The zero-order chi connectivity index (χ0) is 19.1. The van der Waals surface area contributed by atoms with Crippen LogP contribution in [0.25, 0.3) is 32.1 Å². The first-order valence-electron chi connectivity index (χ1n) is 8.13. The molecule has 2 aromatic heterocycles. The maximum absolute atomic E-state index is 12.2. The number of aromatic nitrogens is 1. The quantitative estimate of drug-likeness (QED) is 0.458. The minimum absolute atomic E-state index is 0.119. The SMILES string of the molecule is Cc1cc(-c2c(O)ccc3[nH]c(=O)c4sccc4c23)ccc1CNS(=O)[O-]. The van der Waals surface area contributed by atoms with Gasteiger partial charge in [-0.15, -0.1) is 11.3 Å². The van der Waals surface area contributed by atoms with Crippen molar-refractivity contribution in [1.29, 1.82) is 0 Å². The fourth-order valence-corrected chi connectivity index (χ4v) is 4.38. The van der Waals surface area contributed by atoms with E-state index in [2.05, 4.69) is 9.71 Å². The van der Waals surface area contributed by atoms with E-state index >= 15 is 0 Å². The van der Waals surface area contributed by atoms with Crippen molar-refractivity contribution in [3.8, 4) is 16.9 Å². The number of pyridine rings is 1. The molecule has 4 aromatic rings. The summed E-state index contributed by atoms with van der Waals surface area (Å²) in [4.78, 5) is 15.1. The molecule has 0 amide bonds. The first-order valence-corrected chi connectivity index (χ1v) is 10.1. The number of H-pyrrole nitrogens is 1. The number of hydrogen-bond acceptors (Lipinski definition) is 5. The number of nitrogens with one attached hydrogen (secondary N) is 2. The van der Waals surface area contributed by atoms with Gasteiger partial charge in [0.05, 0.1) is 0 Å². The normalized spacial score (nSPS) is 12.7. The number of phenolic OH excluding ortho intramolecular Hbond substituents is 1. The Morgan fingerprint density at radius 1 is 1.26 bits per heavy atom. The van der Waals surface area contributed by atoms with E-state index in [1.807, 2.05) is 36.6 Å². The van der Waals surface area contributed by atoms with Crippen LogP contribution in [0.4, 0.5) is 0 Å². The molecule has 1 atom stereocenters. The van der Waals surface area contributed by atoms with E-state index in [9.17, 15) is 18.7 Å². The predicted octanol–water partition coefficient (Wildman–Crippen LogP) is 3.31. The molecule has 0 bridgehead atoms. The molecular formula is C19H15N2O4S2-. The predicted molar refractivity (Wildman–Crippen MR) is 108 cm³/mol. The van der Waals surface area contributed by atoms with Crippen LogP contribution in [0.15, 0.2) is 46.6 Å². The van der Waals surface area contributed by atoms with E-state index in [1.165, 1.54) is 11.3 Å². The molecule has 0 aliphatic rings. The minimum Gasteiger partial charge on any atom is -0.760 e. The molecule has 0 radical (unpaired) electrons. The number of aromatic hydroxyl groups is 1. The standard InChI is InChI=1S/C19H16N2O4S2/c1-10-8-11(2-3-12(10)9-20-27(24)25)16-15(22)5-4-14-17(16)13-6-7-26-18(13)19(23)21-14/h2-8,20,22H,9H2,1H3,(H,21,23)(H,24,25)/p-1. The molecule has 1 unspecified atom stereocenters. The number of aryl methyl sites for hydroxylation is 1. The third-order valence-corrected chi connectivity index (χ3v) is 5.88. The third kappa shape index (κ3) is 3.17. The van der Waals surface area contributed by atoms with Crippen LogP contribution < -0.4 is 10.3 Å². The molecule has 0 aliphatic carbocycles. The fraction of sp³-hybridized carbons (Fsp3) is 0.105. The summed E-state index contributed by atoms with van der Waals surface area (Å²) < 4.78 is 24.4. The van der Waals surface area contributed by atoms with Gasteiger partial charge >= 0.3 is 0 Å². The average molecular weight is 399 g/mol. The minimum atomic E-state index is -2.32. The lowest BCUT2D eigenvalue weighted by atomic mass is 9.94.